The number of thiazole rings is 1. The zero-order valence-electron chi connectivity index (χ0n) is 6.95. The van der Waals surface area contributed by atoms with Crippen LogP contribution in [0.15, 0.2) is 23.7 Å². The molecular formula is C10H10NS. The Hall–Kier alpha value is -0.890. The van der Waals surface area contributed by atoms with Crippen molar-refractivity contribution in [2.24, 2.45) is 0 Å². The Labute approximate surface area is 76.1 Å². The summed E-state index contributed by atoms with van der Waals surface area (Å²) in [6.07, 6.45) is 3.22. The van der Waals surface area contributed by atoms with Crippen LogP contribution in [-0.2, 0) is 6.42 Å². The van der Waals surface area contributed by atoms with Crippen LogP contribution in [0.4, 0.5) is 0 Å². The van der Waals surface area contributed by atoms with Gasteiger partial charge in [-0.3, -0.25) is 0 Å². The lowest BCUT2D eigenvalue weighted by Crippen LogP contribution is -1.82. The molecule has 0 fully saturated rings. The minimum atomic E-state index is 1.04. The smallest absolute Gasteiger partial charge is 0.0814 e. The molecule has 0 atom stereocenters. The minimum Gasteiger partial charge on any atom is -0.245 e. The largest absolute Gasteiger partial charge is 0.245 e. The van der Waals surface area contributed by atoms with Gasteiger partial charge in [-0.15, -0.1) is 11.3 Å². The second-order valence-corrected chi connectivity index (χ2v) is 3.58. The van der Waals surface area contributed by atoms with E-state index in [-0.39, 0.29) is 0 Å². The molecule has 1 heterocycles. The van der Waals surface area contributed by atoms with Crippen LogP contribution in [0.2, 0.25) is 0 Å². The first kappa shape index (κ1) is 7.74. The molecule has 0 saturated carbocycles. The quantitative estimate of drug-likeness (QED) is 0.685. The molecule has 0 bridgehead atoms. The van der Waals surface area contributed by atoms with E-state index < -0.39 is 0 Å². The highest BCUT2D eigenvalue weighted by molar-refractivity contribution is 7.16. The van der Waals surface area contributed by atoms with Crippen LogP contribution in [0, 0.1) is 6.42 Å². The number of rotatable bonds is 2. The molecule has 0 unspecified atom stereocenters. The minimum absolute atomic E-state index is 1.04. The summed E-state index contributed by atoms with van der Waals surface area (Å²) in [6, 6.07) is 6.30. The molecule has 1 aromatic carbocycles. The highest BCUT2D eigenvalue weighted by Gasteiger charge is 2.00. The van der Waals surface area contributed by atoms with E-state index in [0.29, 0.717) is 0 Å². The Morgan fingerprint density at radius 3 is 3.25 bits per heavy atom. The van der Waals surface area contributed by atoms with Gasteiger partial charge < -0.3 is 0 Å². The van der Waals surface area contributed by atoms with Crippen LogP contribution in [0.5, 0.6) is 0 Å². The molecule has 12 heavy (non-hydrogen) atoms. The molecule has 0 amide bonds. The highest BCUT2D eigenvalue weighted by Crippen LogP contribution is 2.22. The highest BCUT2D eigenvalue weighted by atomic mass is 32.1. The van der Waals surface area contributed by atoms with Crippen molar-refractivity contribution in [3.63, 3.8) is 0 Å². The maximum absolute atomic E-state index is 4.27. The second-order valence-electron chi connectivity index (χ2n) is 2.73. The molecule has 0 N–H and O–H groups in total. The summed E-state index contributed by atoms with van der Waals surface area (Å²) in [5, 5.41) is 0. The van der Waals surface area contributed by atoms with Gasteiger partial charge in [0, 0.05) is 0 Å². The number of nitrogens with zero attached hydrogens (tertiary/aromatic N) is 1. The van der Waals surface area contributed by atoms with Gasteiger partial charge in [0.05, 0.1) is 15.7 Å². The summed E-state index contributed by atoms with van der Waals surface area (Å²) in [6.45, 7) is 2.08. The lowest BCUT2D eigenvalue weighted by Gasteiger charge is -1.97. The summed E-state index contributed by atoms with van der Waals surface area (Å²) < 4.78 is 1.33. The van der Waals surface area contributed by atoms with E-state index in [9.17, 15) is 0 Å². The predicted molar refractivity (Wildman–Crippen MR) is 53.3 cm³/mol. The Bertz CT molecular complexity index is 378. The van der Waals surface area contributed by atoms with E-state index in [1.54, 1.807) is 11.3 Å². The van der Waals surface area contributed by atoms with Gasteiger partial charge in [0.15, 0.2) is 0 Å². The summed E-state index contributed by atoms with van der Waals surface area (Å²) >= 11 is 1.72. The van der Waals surface area contributed by atoms with Crippen molar-refractivity contribution < 1.29 is 0 Å². The zero-order chi connectivity index (χ0) is 8.39. The fraction of sp³-hybridized carbons (Fsp3) is 0.200. The van der Waals surface area contributed by atoms with Crippen LogP contribution in [0.1, 0.15) is 12.5 Å². The van der Waals surface area contributed by atoms with Crippen molar-refractivity contribution in [3.8, 4) is 0 Å². The van der Waals surface area contributed by atoms with E-state index >= 15 is 0 Å². The molecule has 2 heteroatoms. The molecule has 61 valence electrons. The van der Waals surface area contributed by atoms with E-state index in [1.165, 1.54) is 10.3 Å². The van der Waals surface area contributed by atoms with Crippen LogP contribution < -0.4 is 0 Å². The van der Waals surface area contributed by atoms with E-state index in [1.807, 2.05) is 5.51 Å². The first-order valence-electron chi connectivity index (χ1n) is 4.00. The second kappa shape index (κ2) is 3.23. The summed E-state index contributed by atoms with van der Waals surface area (Å²) in [5.74, 6) is 0. The van der Waals surface area contributed by atoms with Gasteiger partial charge in [-0.2, -0.15) is 0 Å². The van der Waals surface area contributed by atoms with Crippen molar-refractivity contribution in [3.05, 3.63) is 35.7 Å². The van der Waals surface area contributed by atoms with Crippen LogP contribution >= 0.6 is 11.3 Å². The van der Waals surface area contributed by atoms with Crippen molar-refractivity contribution in [1.29, 1.82) is 0 Å². The van der Waals surface area contributed by atoms with Gasteiger partial charge in [0.25, 0.3) is 0 Å². The van der Waals surface area contributed by atoms with Gasteiger partial charge in [-0.05, 0) is 24.5 Å². The maximum Gasteiger partial charge on any atom is 0.0814 e. The number of fused-ring (bicyclic) bond motifs is 1. The van der Waals surface area contributed by atoms with Crippen LogP contribution in [0.25, 0.3) is 10.2 Å². The Balaban J connectivity index is 2.57. The Morgan fingerprint density at radius 2 is 2.42 bits per heavy atom. The summed E-state index contributed by atoms with van der Waals surface area (Å²) in [4.78, 5) is 4.27. The van der Waals surface area contributed by atoms with Gasteiger partial charge >= 0.3 is 0 Å². The topological polar surface area (TPSA) is 12.9 Å². The first-order valence-corrected chi connectivity index (χ1v) is 4.88. The normalized spacial score (nSPS) is 10.8. The maximum atomic E-state index is 4.27. The van der Waals surface area contributed by atoms with Crippen molar-refractivity contribution in [1.82, 2.24) is 4.98 Å². The van der Waals surface area contributed by atoms with E-state index in [0.717, 1.165) is 11.9 Å². The molecule has 0 spiro atoms. The van der Waals surface area contributed by atoms with E-state index in [4.69, 9.17) is 0 Å². The average molecular weight is 176 g/mol. The fourth-order valence-electron chi connectivity index (χ4n) is 1.33. The SMILES string of the molecule is C[CH]Cc1cccc2ncsc12. The molecule has 2 rings (SSSR count). The summed E-state index contributed by atoms with van der Waals surface area (Å²) in [5.41, 5.74) is 4.42. The molecule has 0 aliphatic carbocycles. The third-order valence-electron chi connectivity index (χ3n) is 1.86. The third-order valence-corrected chi connectivity index (χ3v) is 2.78. The van der Waals surface area contributed by atoms with E-state index in [2.05, 4.69) is 36.5 Å². The lowest BCUT2D eigenvalue weighted by atomic mass is 10.1. The van der Waals surface area contributed by atoms with Crippen molar-refractivity contribution in [2.45, 2.75) is 13.3 Å². The van der Waals surface area contributed by atoms with Gasteiger partial charge in [0.1, 0.15) is 0 Å². The standard InChI is InChI=1S/C10H10NS/c1-2-4-8-5-3-6-9-10(8)12-7-11-9/h2-3,5-7H,4H2,1H3. The van der Waals surface area contributed by atoms with Gasteiger partial charge in [0.2, 0.25) is 0 Å². The van der Waals surface area contributed by atoms with Crippen LogP contribution in [0.3, 0.4) is 0 Å². The monoisotopic (exact) mass is 176 g/mol. The lowest BCUT2D eigenvalue weighted by molar-refractivity contribution is 1.16. The first-order chi connectivity index (χ1) is 5.92. The van der Waals surface area contributed by atoms with Crippen molar-refractivity contribution in [2.75, 3.05) is 0 Å². The zero-order valence-corrected chi connectivity index (χ0v) is 7.77. The molecular weight excluding hydrogens is 166 g/mol. The van der Waals surface area contributed by atoms with Crippen molar-refractivity contribution >= 4 is 21.6 Å². The Kier molecular flexibility index (Phi) is 2.09. The molecule has 1 aromatic heterocycles. The van der Waals surface area contributed by atoms with Gasteiger partial charge in [-0.25, -0.2) is 4.98 Å². The summed E-state index contributed by atoms with van der Waals surface area (Å²) in [7, 11) is 0. The molecule has 1 radical (unpaired) electrons. The number of benzene rings is 1. The molecule has 1 nitrogen and oxygen atoms in total. The van der Waals surface area contributed by atoms with Crippen LogP contribution in [-0.4, -0.2) is 4.98 Å². The number of aromatic nitrogens is 1. The molecule has 0 aliphatic rings. The molecule has 0 saturated heterocycles. The number of hydrogen-bond donors (Lipinski definition) is 0. The Morgan fingerprint density at radius 1 is 1.50 bits per heavy atom. The van der Waals surface area contributed by atoms with Gasteiger partial charge in [-0.1, -0.05) is 19.1 Å². The predicted octanol–water partition coefficient (Wildman–Crippen LogP) is 3.06. The molecule has 0 aliphatic heterocycles. The average Bonchev–Trinajstić information content (AvgIpc) is 2.53. The fourth-order valence-corrected chi connectivity index (χ4v) is 2.14. The number of hydrogen-bond acceptors (Lipinski definition) is 2. The third kappa shape index (κ3) is 1.23. The molecule has 2 aromatic rings.